The van der Waals surface area contributed by atoms with Crippen LogP contribution in [-0.4, -0.2) is 43.9 Å². The smallest absolute Gasteiger partial charge is 0.340 e. The molecule has 0 saturated carbocycles. The number of carbonyl (C=O) groups excluding carboxylic acids is 2. The number of hydrogen-bond acceptors (Lipinski definition) is 6. The summed E-state index contributed by atoms with van der Waals surface area (Å²) in [6.45, 7) is 0.135. The fraction of sp³-hybridized carbons (Fsp3) is 0.148. The van der Waals surface area contributed by atoms with Crippen molar-refractivity contribution in [3.63, 3.8) is 0 Å². The van der Waals surface area contributed by atoms with Gasteiger partial charge in [-0.25, -0.2) is 9.18 Å². The quantitative estimate of drug-likeness (QED) is 0.304. The normalized spacial score (nSPS) is 12.9. The Kier molecular flexibility index (Phi) is 7.80. The first-order chi connectivity index (χ1) is 17.8. The molecule has 0 bridgehead atoms. The third-order valence-electron chi connectivity index (χ3n) is 5.84. The van der Waals surface area contributed by atoms with Gasteiger partial charge in [-0.1, -0.05) is 47.5 Å². The van der Waals surface area contributed by atoms with Crippen LogP contribution in [0.15, 0.2) is 54.7 Å². The number of nitrogens with zero attached hydrogens (tertiary/aromatic N) is 1. The number of halogens is 3. The zero-order chi connectivity index (χ0) is 26.7. The van der Waals surface area contributed by atoms with Crippen molar-refractivity contribution in [1.29, 1.82) is 5.41 Å². The van der Waals surface area contributed by atoms with Gasteiger partial charge in [0, 0.05) is 36.2 Å². The zero-order valence-corrected chi connectivity index (χ0v) is 21.4. The molecule has 37 heavy (non-hydrogen) atoms. The summed E-state index contributed by atoms with van der Waals surface area (Å²) in [6.07, 6.45) is 2.78. The molecule has 0 aromatic heterocycles. The van der Waals surface area contributed by atoms with Crippen LogP contribution >= 0.6 is 23.2 Å². The van der Waals surface area contributed by atoms with E-state index in [0.717, 1.165) is 6.21 Å². The molecule has 10 heteroatoms. The average Bonchev–Trinajstić information content (AvgIpc) is 2.90. The lowest BCUT2D eigenvalue weighted by Crippen LogP contribution is -2.37. The van der Waals surface area contributed by atoms with Crippen molar-refractivity contribution in [2.24, 2.45) is 0 Å². The van der Waals surface area contributed by atoms with E-state index in [1.165, 1.54) is 24.1 Å². The highest BCUT2D eigenvalue weighted by molar-refractivity contribution is 6.40. The van der Waals surface area contributed by atoms with Crippen LogP contribution in [0.2, 0.25) is 10.0 Å². The second kappa shape index (κ2) is 11.0. The summed E-state index contributed by atoms with van der Waals surface area (Å²) in [5.41, 5.74) is 2.94. The summed E-state index contributed by atoms with van der Waals surface area (Å²) in [5.74, 6) is -1.38. The second-order valence-corrected chi connectivity index (χ2v) is 8.92. The molecule has 0 spiro atoms. The van der Waals surface area contributed by atoms with Crippen molar-refractivity contribution in [1.82, 2.24) is 10.2 Å². The monoisotopic (exact) mass is 541 g/mol. The topological polar surface area (TPSA) is 91.7 Å². The number of para-hydroxylation sites is 1. The number of carbonyl (C=O) groups is 2. The van der Waals surface area contributed by atoms with Crippen LogP contribution in [0.3, 0.4) is 0 Å². The summed E-state index contributed by atoms with van der Waals surface area (Å²) in [5, 5.41) is 10.7. The van der Waals surface area contributed by atoms with Gasteiger partial charge in [-0.3, -0.25) is 4.79 Å². The molecule has 0 fully saturated rings. The summed E-state index contributed by atoms with van der Waals surface area (Å²) < 4.78 is 25.1. The van der Waals surface area contributed by atoms with Crippen molar-refractivity contribution < 1.29 is 23.5 Å². The highest BCUT2D eigenvalue weighted by atomic mass is 35.5. The average molecular weight is 542 g/mol. The Morgan fingerprint density at radius 2 is 1.89 bits per heavy atom. The molecular formula is C27H22Cl2FN3O4. The Morgan fingerprint density at radius 1 is 1.16 bits per heavy atom. The van der Waals surface area contributed by atoms with E-state index in [4.69, 9.17) is 33.3 Å². The van der Waals surface area contributed by atoms with Gasteiger partial charge in [-0.2, -0.15) is 0 Å². The number of amides is 1. The maximum atomic E-state index is 14.5. The Hall–Kier alpha value is -3.88. The summed E-state index contributed by atoms with van der Waals surface area (Å²) in [4.78, 5) is 26.5. The van der Waals surface area contributed by atoms with Crippen molar-refractivity contribution in [2.45, 2.75) is 6.54 Å². The highest BCUT2D eigenvalue weighted by Gasteiger charge is 2.28. The lowest BCUT2D eigenvalue weighted by molar-refractivity contribution is 0.0515. The van der Waals surface area contributed by atoms with Gasteiger partial charge < -0.3 is 25.1 Å². The van der Waals surface area contributed by atoms with Crippen molar-refractivity contribution in [2.75, 3.05) is 20.9 Å². The molecule has 0 atom stereocenters. The SMILES string of the molecule is CN/C=C(\C=N)c1cc(Cl)c(C(=O)N2COc3c(cccc3-c3ccc(C(=O)OC)c(F)c3)C2)c(Cl)c1. The summed E-state index contributed by atoms with van der Waals surface area (Å²) >= 11 is 12.9. The van der Waals surface area contributed by atoms with Crippen molar-refractivity contribution in [3.05, 3.63) is 92.8 Å². The van der Waals surface area contributed by atoms with E-state index in [0.29, 0.717) is 33.6 Å². The Morgan fingerprint density at radius 3 is 2.51 bits per heavy atom. The van der Waals surface area contributed by atoms with Crippen LogP contribution in [0.25, 0.3) is 16.7 Å². The first-order valence-corrected chi connectivity index (χ1v) is 11.8. The maximum absolute atomic E-state index is 14.5. The molecule has 0 aliphatic carbocycles. The van der Waals surface area contributed by atoms with Crippen LogP contribution in [0, 0.1) is 11.2 Å². The van der Waals surface area contributed by atoms with Gasteiger partial charge in [0.25, 0.3) is 5.91 Å². The van der Waals surface area contributed by atoms with E-state index in [9.17, 15) is 14.0 Å². The molecule has 1 amide bonds. The third kappa shape index (κ3) is 5.16. The molecule has 190 valence electrons. The minimum Gasteiger partial charge on any atom is -0.472 e. The van der Waals surface area contributed by atoms with E-state index < -0.39 is 17.7 Å². The minimum atomic E-state index is -0.762. The minimum absolute atomic E-state index is 0.0780. The number of allylic oxidation sites excluding steroid dienone is 1. The number of esters is 1. The van der Waals surface area contributed by atoms with E-state index in [2.05, 4.69) is 10.1 Å². The molecule has 1 heterocycles. The molecule has 4 rings (SSSR count). The number of ether oxygens (including phenoxy) is 2. The Balaban J connectivity index is 1.62. The second-order valence-electron chi connectivity index (χ2n) is 8.10. The predicted octanol–water partition coefficient (Wildman–Crippen LogP) is 5.79. The van der Waals surface area contributed by atoms with Gasteiger partial charge in [0.1, 0.15) is 11.6 Å². The molecule has 1 aliphatic heterocycles. The van der Waals surface area contributed by atoms with Gasteiger partial charge in [-0.15, -0.1) is 0 Å². The first kappa shape index (κ1) is 26.2. The summed E-state index contributed by atoms with van der Waals surface area (Å²) in [7, 11) is 2.89. The van der Waals surface area contributed by atoms with Gasteiger partial charge in [0.15, 0.2) is 6.73 Å². The number of nitrogens with one attached hydrogen (secondary N) is 2. The number of methoxy groups -OCH3 is 1. The van der Waals surface area contributed by atoms with Crippen LogP contribution in [0.4, 0.5) is 4.39 Å². The fourth-order valence-corrected chi connectivity index (χ4v) is 4.70. The van der Waals surface area contributed by atoms with Gasteiger partial charge in [0.2, 0.25) is 0 Å². The third-order valence-corrected chi connectivity index (χ3v) is 6.44. The largest absolute Gasteiger partial charge is 0.472 e. The molecular weight excluding hydrogens is 520 g/mol. The Bertz CT molecular complexity index is 1420. The van der Waals surface area contributed by atoms with Gasteiger partial charge in [-0.05, 0) is 35.4 Å². The molecule has 1 aliphatic rings. The highest BCUT2D eigenvalue weighted by Crippen LogP contribution is 2.38. The molecule has 0 radical (unpaired) electrons. The Labute approximate surface area is 222 Å². The summed E-state index contributed by atoms with van der Waals surface area (Å²) in [6, 6.07) is 12.7. The van der Waals surface area contributed by atoms with Crippen molar-refractivity contribution >= 4 is 46.9 Å². The van der Waals surface area contributed by atoms with Crippen LogP contribution in [0.1, 0.15) is 31.8 Å². The van der Waals surface area contributed by atoms with Gasteiger partial charge in [0.05, 0.1) is 34.8 Å². The molecule has 7 nitrogen and oxygen atoms in total. The molecule has 0 unspecified atom stereocenters. The van der Waals surface area contributed by atoms with Crippen LogP contribution < -0.4 is 10.1 Å². The maximum Gasteiger partial charge on any atom is 0.340 e. The standard InChI is InChI=1S/C27H22Cl2FN3O4/c1-32-12-18(11-31)17-8-21(28)24(22(29)9-17)26(34)33-13-16-4-3-5-19(25(16)37-14-33)15-6-7-20(23(30)10-15)27(35)36-2/h3-12,31-32H,13-14H2,1-2H3/b18-12+,31-11?. The number of hydrogen-bond donors (Lipinski definition) is 2. The van der Waals surface area contributed by atoms with E-state index in [-0.39, 0.29) is 34.4 Å². The lowest BCUT2D eigenvalue weighted by Gasteiger charge is -2.31. The molecule has 3 aromatic carbocycles. The van der Waals surface area contributed by atoms with Crippen molar-refractivity contribution in [3.8, 4) is 16.9 Å². The van der Waals surface area contributed by atoms with Crippen LogP contribution in [-0.2, 0) is 11.3 Å². The fourth-order valence-electron chi connectivity index (χ4n) is 4.06. The number of rotatable bonds is 6. The lowest BCUT2D eigenvalue weighted by atomic mass is 9.98. The van der Waals surface area contributed by atoms with E-state index in [1.54, 1.807) is 43.6 Å². The molecule has 0 saturated heterocycles. The van der Waals surface area contributed by atoms with Crippen LogP contribution in [0.5, 0.6) is 5.75 Å². The van der Waals surface area contributed by atoms with E-state index >= 15 is 0 Å². The molecule has 3 aromatic rings. The first-order valence-electron chi connectivity index (χ1n) is 11.1. The zero-order valence-electron chi connectivity index (χ0n) is 19.9. The number of fused-ring (bicyclic) bond motifs is 1. The molecule has 2 N–H and O–H groups in total. The predicted molar refractivity (Wildman–Crippen MR) is 141 cm³/mol. The number of benzene rings is 3. The van der Waals surface area contributed by atoms with Gasteiger partial charge >= 0.3 is 5.97 Å². The van der Waals surface area contributed by atoms with E-state index in [1.807, 2.05) is 6.07 Å².